The number of fused-ring (bicyclic) bond motifs is 1. The van der Waals surface area contributed by atoms with Crippen LogP contribution in [0.2, 0.25) is 0 Å². The van der Waals surface area contributed by atoms with Gasteiger partial charge in [-0.3, -0.25) is 4.79 Å². The molecule has 2 rings (SSSR count). The van der Waals surface area contributed by atoms with Crippen LogP contribution < -0.4 is 5.73 Å². The summed E-state index contributed by atoms with van der Waals surface area (Å²) in [4.78, 5) is 15.0. The van der Waals surface area contributed by atoms with Gasteiger partial charge in [-0.2, -0.15) is 0 Å². The number of aromatic amines is 1. The molecule has 3 N–H and O–H groups in total. The summed E-state index contributed by atoms with van der Waals surface area (Å²) < 4.78 is 5.29. The van der Waals surface area contributed by atoms with Crippen LogP contribution in [0, 0.1) is 0 Å². The minimum Gasteiger partial charge on any atom is -0.459 e. The van der Waals surface area contributed by atoms with Gasteiger partial charge in [-0.05, 0) is 32.4 Å². The van der Waals surface area contributed by atoms with Crippen molar-refractivity contribution in [3.63, 3.8) is 0 Å². The zero-order chi connectivity index (χ0) is 14.0. The largest absolute Gasteiger partial charge is 0.459 e. The van der Waals surface area contributed by atoms with Crippen LogP contribution in [0.5, 0.6) is 0 Å². The number of ether oxygens (including phenoxy) is 1. The van der Waals surface area contributed by atoms with E-state index in [2.05, 4.69) is 4.98 Å². The quantitative estimate of drug-likeness (QED) is 0.856. The van der Waals surface area contributed by atoms with Gasteiger partial charge < -0.3 is 15.5 Å². The van der Waals surface area contributed by atoms with Crippen LogP contribution in [0.25, 0.3) is 10.9 Å². The Balaban J connectivity index is 0.00000200. The van der Waals surface area contributed by atoms with Gasteiger partial charge in [-0.1, -0.05) is 18.2 Å². The minimum atomic E-state index is -0.640. The summed E-state index contributed by atoms with van der Waals surface area (Å²) in [6.45, 7) is 5.51. The molecule has 1 aromatic carbocycles. The first-order valence-electron chi connectivity index (χ1n) is 6.40. The molecule has 0 amide bonds. The normalized spacial score (nSPS) is 12.8. The van der Waals surface area contributed by atoms with Crippen LogP contribution in [0.3, 0.4) is 0 Å². The van der Waals surface area contributed by atoms with E-state index in [-0.39, 0.29) is 18.4 Å². The van der Waals surface area contributed by atoms with E-state index in [0.717, 1.165) is 16.5 Å². The van der Waals surface area contributed by atoms with Crippen LogP contribution in [-0.4, -0.2) is 22.6 Å². The Morgan fingerprint density at radius 2 is 2.00 bits per heavy atom. The molecule has 0 saturated carbocycles. The number of aromatic nitrogens is 1. The Kier molecular flexibility index (Phi) is 5.20. The smallest absolute Gasteiger partial charge is 0.323 e. The number of hydrogen-bond donors (Lipinski definition) is 2. The van der Waals surface area contributed by atoms with Crippen molar-refractivity contribution in [2.45, 2.75) is 38.8 Å². The van der Waals surface area contributed by atoms with Gasteiger partial charge in [0.2, 0.25) is 0 Å². The van der Waals surface area contributed by atoms with Gasteiger partial charge in [-0.15, -0.1) is 12.4 Å². The molecule has 0 radical (unpaired) electrons. The summed E-state index contributed by atoms with van der Waals surface area (Å²) in [6.07, 6.45) is 2.37. The standard InChI is InChI=1S/C15H20N2O2.ClH/c1-15(2,3)19-14(18)12(16)8-10-9-17-13-7-5-4-6-11(10)13;/h4-7,9,12,17H,8,16H2,1-3H3;1H. The summed E-state index contributed by atoms with van der Waals surface area (Å²) in [7, 11) is 0. The van der Waals surface area contributed by atoms with Crippen molar-refractivity contribution < 1.29 is 9.53 Å². The highest BCUT2D eigenvalue weighted by Gasteiger charge is 2.23. The zero-order valence-corrected chi connectivity index (χ0v) is 12.8. The maximum absolute atomic E-state index is 11.9. The number of carbonyl (C=O) groups is 1. The molecule has 110 valence electrons. The van der Waals surface area contributed by atoms with Crippen LogP contribution in [0.1, 0.15) is 26.3 Å². The third-order valence-corrected chi connectivity index (χ3v) is 2.82. The molecule has 0 fully saturated rings. The lowest BCUT2D eigenvalue weighted by Gasteiger charge is -2.22. The fraction of sp³-hybridized carbons (Fsp3) is 0.400. The van der Waals surface area contributed by atoms with Crippen LogP contribution >= 0.6 is 12.4 Å². The SMILES string of the molecule is CC(C)(C)OC(=O)C(N)Cc1c[nH]c2ccccc12.Cl. The lowest BCUT2D eigenvalue weighted by Crippen LogP contribution is -2.38. The van der Waals surface area contributed by atoms with Gasteiger partial charge in [0.1, 0.15) is 11.6 Å². The second kappa shape index (κ2) is 6.29. The van der Waals surface area contributed by atoms with Gasteiger partial charge in [0.25, 0.3) is 0 Å². The highest BCUT2D eigenvalue weighted by molar-refractivity contribution is 5.85. The second-order valence-corrected chi connectivity index (χ2v) is 5.70. The molecular formula is C15H21ClN2O2. The molecule has 2 aromatic rings. The fourth-order valence-electron chi connectivity index (χ4n) is 2.00. The van der Waals surface area contributed by atoms with Gasteiger partial charge >= 0.3 is 5.97 Å². The van der Waals surface area contributed by atoms with Crippen LogP contribution in [0.4, 0.5) is 0 Å². The third kappa shape index (κ3) is 3.99. The van der Waals surface area contributed by atoms with E-state index in [9.17, 15) is 4.79 Å². The number of halogens is 1. The summed E-state index contributed by atoms with van der Waals surface area (Å²) in [5.41, 5.74) is 7.50. The predicted octanol–water partition coefficient (Wildman–Crippen LogP) is 2.80. The van der Waals surface area contributed by atoms with Crippen molar-refractivity contribution >= 4 is 29.3 Å². The summed E-state index contributed by atoms with van der Waals surface area (Å²) in [5, 5.41) is 1.10. The van der Waals surface area contributed by atoms with E-state index in [0.29, 0.717) is 6.42 Å². The van der Waals surface area contributed by atoms with Crippen molar-refractivity contribution in [3.8, 4) is 0 Å². The van der Waals surface area contributed by atoms with Crippen molar-refractivity contribution in [1.29, 1.82) is 0 Å². The molecular weight excluding hydrogens is 276 g/mol. The van der Waals surface area contributed by atoms with E-state index in [1.807, 2.05) is 51.2 Å². The first-order chi connectivity index (χ1) is 8.87. The lowest BCUT2D eigenvalue weighted by molar-refractivity contribution is -0.156. The molecule has 1 heterocycles. The molecule has 0 spiro atoms. The van der Waals surface area contributed by atoms with E-state index in [1.54, 1.807) is 0 Å². The van der Waals surface area contributed by atoms with Gasteiger partial charge in [-0.25, -0.2) is 0 Å². The van der Waals surface area contributed by atoms with Gasteiger partial charge in [0.15, 0.2) is 0 Å². The Hall–Kier alpha value is -1.52. The van der Waals surface area contributed by atoms with Gasteiger partial charge in [0, 0.05) is 23.5 Å². The molecule has 0 aliphatic heterocycles. The average Bonchev–Trinajstić information content (AvgIpc) is 2.70. The minimum absolute atomic E-state index is 0. The highest BCUT2D eigenvalue weighted by atomic mass is 35.5. The molecule has 0 aliphatic carbocycles. The Bertz CT molecular complexity index is 587. The number of hydrogen-bond acceptors (Lipinski definition) is 3. The van der Waals surface area contributed by atoms with Crippen molar-refractivity contribution in [2.75, 3.05) is 0 Å². The molecule has 0 saturated heterocycles. The number of carbonyl (C=O) groups excluding carboxylic acids is 1. The van der Waals surface area contributed by atoms with E-state index in [4.69, 9.17) is 10.5 Å². The Morgan fingerprint density at radius 3 is 2.65 bits per heavy atom. The van der Waals surface area contributed by atoms with E-state index < -0.39 is 11.6 Å². The van der Waals surface area contributed by atoms with Crippen LogP contribution in [0.15, 0.2) is 30.5 Å². The molecule has 0 aliphatic rings. The van der Waals surface area contributed by atoms with E-state index in [1.165, 1.54) is 0 Å². The number of esters is 1. The number of para-hydroxylation sites is 1. The molecule has 0 bridgehead atoms. The number of benzene rings is 1. The predicted molar refractivity (Wildman–Crippen MR) is 83.1 cm³/mol. The number of nitrogens with one attached hydrogen (secondary N) is 1. The molecule has 1 unspecified atom stereocenters. The summed E-state index contributed by atoms with van der Waals surface area (Å²) in [6, 6.07) is 7.31. The van der Waals surface area contributed by atoms with Gasteiger partial charge in [0.05, 0.1) is 0 Å². The zero-order valence-electron chi connectivity index (χ0n) is 12.0. The fourth-order valence-corrected chi connectivity index (χ4v) is 2.00. The third-order valence-electron chi connectivity index (χ3n) is 2.82. The molecule has 1 aromatic heterocycles. The molecule has 20 heavy (non-hydrogen) atoms. The highest BCUT2D eigenvalue weighted by Crippen LogP contribution is 2.19. The summed E-state index contributed by atoms with van der Waals surface area (Å²) >= 11 is 0. The van der Waals surface area contributed by atoms with Crippen LogP contribution in [-0.2, 0) is 16.0 Å². The van der Waals surface area contributed by atoms with Crippen molar-refractivity contribution in [3.05, 3.63) is 36.0 Å². The first-order valence-corrected chi connectivity index (χ1v) is 6.40. The molecule has 5 heteroatoms. The number of rotatable bonds is 3. The maximum Gasteiger partial charge on any atom is 0.323 e. The second-order valence-electron chi connectivity index (χ2n) is 5.70. The maximum atomic E-state index is 11.9. The average molecular weight is 297 g/mol. The number of nitrogens with two attached hydrogens (primary N) is 1. The Labute approximate surface area is 125 Å². The first kappa shape index (κ1) is 16.5. The molecule has 4 nitrogen and oxygen atoms in total. The van der Waals surface area contributed by atoms with E-state index >= 15 is 0 Å². The summed E-state index contributed by atoms with van der Waals surface area (Å²) in [5.74, 6) is -0.363. The molecule has 1 atom stereocenters. The Morgan fingerprint density at radius 1 is 1.35 bits per heavy atom. The number of H-pyrrole nitrogens is 1. The monoisotopic (exact) mass is 296 g/mol. The topological polar surface area (TPSA) is 68.1 Å². The van der Waals surface area contributed by atoms with Crippen molar-refractivity contribution in [2.24, 2.45) is 5.73 Å². The van der Waals surface area contributed by atoms with Crippen molar-refractivity contribution in [1.82, 2.24) is 4.98 Å². The lowest BCUT2D eigenvalue weighted by atomic mass is 10.1.